The second-order valence-electron chi connectivity index (χ2n) is 4.15. The van der Waals surface area contributed by atoms with Gasteiger partial charge >= 0.3 is 12.0 Å². The number of carbonyl (C=O) groups is 2. The van der Waals surface area contributed by atoms with Crippen LogP contribution in [0.3, 0.4) is 0 Å². The van der Waals surface area contributed by atoms with Crippen molar-refractivity contribution in [3.63, 3.8) is 0 Å². The number of carbonyl (C=O) groups excluding carboxylic acids is 1. The van der Waals surface area contributed by atoms with Crippen LogP contribution in [0, 0.1) is 5.82 Å². The van der Waals surface area contributed by atoms with E-state index in [2.05, 4.69) is 10.6 Å². The third-order valence-electron chi connectivity index (χ3n) is 2.41. The Morgan fingerprint density at radius 3 is 2.75 bits per heavy atom. The van der Waals surface area contributed by atoms with Gasteiger partial charge in [0.15, 0.2) is 0 Å². The number of rotatable bonds is 6. The number of amides is 2. The Morgan fingerprint density at radius 1 is 1.45 bits per heavy atom. The van der Waals surface area contributed by atoms with E-state index in [0.29, 0.717) is 13.2 Å². The molecule has 3 N–H and O–H groups in total. The summed E-state index contributed by atoms with van der Waals surface area (Å²) in [5.74, 6) is -1.88. The number of hydrogen-bond donors (Lipinski definition) is 3. The van der Waals surface area contributed by atoms with Crippen molar-refractivity contribution in [2.45, 2.75) is 19.9 Å². The molecule has 0 aliphatic carbocycles. The summed E-state index contributed by atoms with van der Waals surface area (Å²) >= 11 is 0. The van der Waals surface area contributed by atoms with Crippen molar-refractivity contribution < 1.29 is 23.8 Å². The zero-order chi connectivity index (χ0) is 15.1. The van der Waals surface area contributed by atoms with Crippen molar-refractivity contribution in [2.75, 3.05) is 18.5 Å². The quantitative estimate of drug-likeness (QED) is 0.746. The fourth-order valence-corrected chi connectivity index (χ4v) is 1.52. The summed E-state index contributed by atoms with van der Waals surface area (Å²) in [6, 6.07) is 2.19. The van der Waals surface area contributed by atoms with Gasteiger partial charge in [-0.3, -0.25) is 0 Å². The van der Waals surface area contributed by atoms with E-state index in [9.17, 15) is 14.0 Å². The molecule has 1 rings (SSSR count). The molecule has 110 valence electrons. The number of benzene rings is 1. The number of aromatic carboxylic acids is 1. The minimum absolute atomic E-state index is 0.0985. The molecule has 6 nitrogen and oxygen atoms in total. The number of ether oxygens (including phenoxy) is 1. The lowest BCUT2D eigenvalue weighted by atomic mass is 10.2. The predicted molar refractivity (Wildman–Crippen MR) is 71.5 cm³/mol. The summed E-state index contributed by atoms with van der Waals surface area (Å²) in [4.78, 5) is 22.6. The summed E-state index contributed by atoms with van der Waals surface area (Å²) in [5.41, 5.74) is -0.280. The van der Waals surface area contributed by atoms with Gasteiger partial charge in [0.05, 0.1) is 23.9 Å². The molecule has 1 aromatic rings. The predicted octanol–water partition coefficient (Wildman–Crippen LogP) is 2.07. The van der Waals surface area contributed by atoms with Crippen molar-refractivity contribution >= 4 is 17.7 Å². The SMILES string of the molecule is CCOCC(C)NC(=O)Nc1cc(F)ccc1C(=O)O. The van der Waals surface area contributed by atoms with Crippen LogP contribution >= 0.6 is 0 Å². The van der Waals surface area contributed by atoms with Crippen molar-refractivity contribution in [1.29, 1.82) is 0 Å². The molecule has 0 fully saturated rings. The van der Waals surface area contributed by atoms with Gasteiger partial charge in [-0.05, 0) is 32.0 Å². The summed E-state index contributed by atoms with van der Waals surface area (Å²) < 4.78 is 18.2. The number of nitrogens with one attached hydrogen (secondary N) is 2. The summed E-state index contributed by atoms with van der Waals surface area (Å²) in [5, 5.41) is 13.8. The molecule has 0 aliphatic rings. The van der Waals surface area contributed by atoms with Gasteiger partial charge in [-0.15, -0.1) is 0 Å². The van der Waals surface area contributed by atoms with Gasteiger partial charge < -0.3 is 20.5 Å². The van der Waals surface area contributed by atoms with Gasteiger partial charge in [-0.25, -0.2) is 14.0 Å². The third kappa shape index (κ3) is 4.85. The van der Waals surface area contributed by atoms with E-state index < -0.39 is 17.8 Å². The molecule has 0 heterocycles. The first kappa shape index (κ1) is 15.9. The van der Waals surface area contributed by atoms with Crippen molar-refractivity contribution in [3.8, 4) is 0 Å². The number of carboxylic acid groups (broad SMARTS) is 1. The maximum absolute atomic E-state index is 13.1. The number of urea groups is 1. The van der Waals surface area contributed by atoms with E-state index in [1.807, 2.05) is 6.92 Å². The summed E-state index contributed by atoms with van der Waals surface area (Å²) in [6.07, 6.45) is 0. The number of carboxylic acids is 1. The molecule has 1 aromatic carbocycles. The van der Waals surface area contributed by atoms with Crippen molar-refractivity contribution in [2.24, 2.45) is 0 Å². The molecular weight excluding hydrogens is 267 g/mol. The largest absolute Gasteiger partial charge is 0.478 e. The van der Waals surface area contributed by atoms with Crippen LogP contribution in [0.25, 0.3) is 0 Å². The first-order valence-electron chi connectivity index (χ1n) is 6.12. The summed E-state index contributed by atoms with van der Waals surface area (Å²) in [6.45, 7) is 4.43. The van der Waals surface area contributed by atoms with Crippen LogP contribution in [0.5, 0.6) is 0 Å². The van der Waals surface area contributed by atoms with Gasteiger partial charge in [0.2, 0.25) is 0 Å². The van der Waals surface area contributed by atoms with Gasteiger partial charge in [0, 0.05) is 6.61 Å². The molecule has 0 saturated carbocycles. The Hall–Kier alpha value is -2.15. The van der Waals surface area contributed by atoms with Gasteiger partial charge in [0.25, 0.3) is 0 Å². The standard InChI is InChI=1S/C13H17FN2O4/c1-3-20-7-8(2)15-13(19)16-11-6-9(14)4-5-10(11)12(17)18/h4-6,8H,3,7H2,1-2H3,(H,17,18)(H2,15,16,19). The van der Waals surface area contributed by atoms with E-state index in [-0.39, 0.29) is 17.3 Å². The van der Waals surface area contributed by atoms with Crippen LogP contribution in [0.1, 0.15) is 24.2 Å². The Balaban J connectivity index is 2.70. The molecule has 0 bridgehead atoms. The molecule has 0 spiro atoms. The van der Waals surface area contributed by atoms with E-state index in [4.69, 9.17) is 9.84 Å². The van der Waals surface area contributed by atoms with E-state index in [1.165, 1.54) is 0 Å². The molecule has 7 heteroatoms. The van der Waals surface area contributed by atoms with Gasteiger partial charge in [-0.2, -0.15) is 0 Å². The summed E-state index contributed by atoms with van der Waals surface area (Å²) in [7, 11) is 0. The molecule has 0 aliphatic heterocycles. The zero-order valence-electron chi connectivity index (χ0n) is 11.3. The lowest BCUT2D eigenvalue weighted by Gasteiger charge is -2.15. The van der Waals surface area contributed by atoms with E-state index >= 15 is 0 Å². The minimum atomic E-state index is -1.25. The lowest BCUT2D eigenvalue weighted by Crippen LogP contribution is -2.39. The fraction of sp³-hybridized carbons (Fsp3) is 0.385. The Labute approximate surface area is 115 Å². The number of anilines is 1. The molecule has 20 heavy (non-hydrogen) atoms. The first-order valence-corrected chi connectivity index (χ1v) is 6.12. The van der Waals surface area contributed by atoms with E-state index in [0.717, 1.165) is 18.2 Å². The van der Waals surface area contributed by atoms with Gasteiger partial charge in [-0.1, -0.05) is 0 Å². The van der Waals surface area contributed by atoms with Crippen LogP contribution < -0.4 is 10.6 Å². The number of halogens is 1. The highest BCUT2D eigenvalue weighted by Crippen LogP contribution is 2.17. The Bertz CT molecular complexity index is 493. The highest BCUT2D eigenvalue weighted by Gasteiger charge is 2.14. The van der Waals surface area contributed by atoms with Crippen LogP contribution in [-0.2, 0) is 4.74 Å². The highest BCUT2D eigenvalue weighted by atomic mass is 19.1. The minimum Gasteiger partial charge on any atom is -0.478 e. The van der Waals surface area contributed by atoms with Crippen LogP contribution in [0.15, 0.2) is 18.2 Å². The molecule has 1 unspecified atom stereocenters. The van der Waals surface area contributed by atoms with Crippen molar-refractivity contribution in [1.82, 2.24) is 5.32 Å². The number of hydrogen-bond acceptors (Lipinski definition) is 3. The van der Waals surface area contributed by atoms with Crippen LogP contribution in [0.2, 0.25) is 0 Å². The average Bonchev–Trinajstić information content (AvgIpc) is 2.35. The second-order valence-corrected chi connectivity index (χ2v) is 4.15. The second kappa shape index (κ2) is 7.44. The first-order chi connectivity index (χ1) is 9.43. The zero-order valence-corrected chi connectivity index (χ0v) is 11.3. The monoisotopic (exact) mass is 284 g/mol. The molecule has 1 atom stereocenters. The molecule has 2 amide bonds. The normalized spacial score (nSPS) is 11.8. The van der Waals surface area contributed by atoms with Gasteiger partial charge in [0.1, 0.15) is 5.82 Å². The fourth-order valence-electron chi connectivity index (χ4n) is 1.52. The maximum atomic E-state index is 13.1. The Morgan fingerprint density at radius 2 is 2.15 bits per heavy atom. The third-order valence-corrected chi connectivity index (χ3v) is 2.41. The molecular formula is C13H17FN2O4. The van der Waals surface area contributed by atoms with Crippen LogP contribution in [-0.4, -0.2) is 36.4 Å². The van der Waals surface area contributed by atoms with Crippen LogP contribution in [0.4, 0.5) is 14.9 Å². The molecule has 0 saturated heterocycles. The smallest absolute Gasteiger partial charge is 0.337 e. The van der Waals surface area contributed by atoms with Crippen molar-refractivity contribution in [3.05, 3.63) is 29.6 Å². The average molecular weight is 284 g/mol. The molecule has 0 radical (unpaired) electrons. The van der Waals surface area contributed by atoms with E-state index in [1.54, 1.807) is 6.92 Å². The Kier molecular flexibility index (Phi) is 5.92. The topological polar surface area (TPSA) is 87.7 Å². The molecule has 0 aromatic heterocycles. The lowest BCUT2D eigenvalue weighted by molar-refractivity contribution is 0.0698. The highest BCUT2D eigenvalue weighted by molar-refractivity contribution is 6.00. The maximum Gasteiger partial charge on any atom is 0.337 e.